The molecule has 1 N–H and O–H groups in total. The minimum absolute atomic E-state index is 0.0541. The minimum atomic E-state index is -3.54. The van der Waals surface area contributed by atoms with Gasteiger partial charge in [0.2, 0.25) is 10.0 Å². The maximum atomic E-state index is 13.1. The Hall–Kier alpha value is -2.31. The predicted molar refractivity (Wildman–Crippen MR) is 107 cm³/mol. The van der Waals surface area contributed by atoms with Gasteiger partial charge in [-0.15, -0.1) is 0 Å². The van der Waals surface area contributed by atoms with Crippen LogP contribution in [-0.4, -0.2) is 30.4 Å². The van der Waals surface area contributed by atoms with Gasteiger partial charge in [-0.25, -0.2) is 8.42 Å². The van der Waals surface area contributed by atoms with E-state index in [-0.39, 0.29) is 6.10 Å². The summed E-state index contributed by atoms with van der Waals surface area (Å²) >= 11 is 0. The summed E-state index contributed by atoms with van der Waals surface area (Å²) in [5.41, 5.74) is 4.49. The number of hydrogen-bond donors (Lipinski definition) is 1. The van der Waals surface area contributed by atoms with Crippen molar-refractivity contribution in [3.8, 4) is 5.75 Å². The molecule has 2 aromatic carbocycles. The molecule has 0 saturated carbocycles. The normalized spacial score (nSPS) is 15.3. The van der Waals surface area contributed by atoms with Crippen molar-refractivity contribution in [2.24, 2.45) is 0 Å². The number of rotatable bonds is 4. The van der Waals surface area contributed by atoms with Gasteiger partial charge in [0, 0.05) is 36.1 Å². The van der Waals surface area contributed by atoms with E-state index in [4.69, 9.17) is 4.74 Å². The van der Waals surface area contributed by atoms with E-state index in [2.05, 4.69) is 30.1 Å². The number of benzene rings is 2. The van der Waals surface area contributed by atoms with Gasteiger partial charge in [0.05, 0.1) is 11.0 Å². The first-order valence-electron chi connectivity index (χ1n) is 9.21. The van der Waals surface area contributed by atoms with E-state index in [0.717, 1.165) is 22.2 Å². The molecule has 0 fully saturated rings. The van der Waals surface area contributed by atoms with Crippen molar-refractivity contribution in [3.63, 3.8) is 0 Å². The molecule has 0 unspecified atom stereocenters. The van der Waals surface area contributed by atoms with Gasteiger partial charge in [0.1, 0.15) is 5.75 Å². The molecule has 0 radical (unpaired) electrons. The Bertz CT molecular complexity index is 1080. The number of nitrogens with one attached hydrogen (secondary N) is 1. The standard InChI is InChI=1S/C21H24N2O3S/c1-14(2)26-16-5-7-17(8-6-16)27(24,25)23-11-10-20-19(13-23)18-9-4-15(3)12-21(18)22-20/h4-9,12,14,22H,10-11,13H2,1-3H3. The molecule has 4 rings (SSSR count). The van der Waals surface area contributed by atoms with Gasteiger partial charge in [-0.05, 0) is 62.2 Å². The first-order chi connectivity index (χ1) is 12.8. The average molecular weight is 385 g/mol. The Kier molecular flexibility index (Phi) is 4.48. The predicted octanol–water partition coefficient (Wildman–Crippen LogP) is 4.01. The van der Waals surface area contributed by atoms with Crippen LogP contribution in [0.5, 0.6) is 5.75 Å². The van der Waals surface area contributed by atoms with Crippen molar-refractivity contribution in [3.05, 3.63) is 59.3 Å². The topological polar surface area (TPSA) is 62.4 Å². The van der Waals surface area contributed by atoms with Crippen LogP contribution in [-0.2, 0) is 23.0 Å². The Morgan fingerprint density at radius 3 is 2.56 bits per heavy atom. The zero-order valence-electron chi connectivity index (χ0n) is 15.8. The van der Waals surface area contributed by atoms with E-state index < -0.39 is 10.0 Å². The van der Waals surface area contributed by atoms with Crippen LogP contribution in [0.25, 0.3) is 10.9 Å². The molecule has 3 aromatic rings. The maximum Gasteiger partial charge on any atom is 0.243 e. The fraction of sp³-hybridized carbons (Fsp3) is 0.333. The van der Waals surface area contributed by atoms with Crippen LogP contribution in [0.15, 0.2) is 47.4 Å². The molecule has 0 amide bonds. The number of nitrogens with zero attached hydrogens (tertiary/aromatic N) is 1. The molecule has 0 spiro atoms. The number of sulfonamides is 1. The molecule has 0 saturated heterocycles. The molecule has 1 aliphatic rings. The number of fused-ring (bicyclic) bond motifs is 3. The molecule has 2 heterocycles. The summed E-state index contributed by atoms with van der Waals surface area (Å²) < 4.78 is 33.4. The average Bonchev–Trinajstić information content (AvgIpc) is 2.98. The number of hydrogen-bond acceptors (Lipinski definition) is 3. The van der Waals surface area contributed by atoms with E-state index in [1.807, 2.05) is 13.8 Å². The van der Waals surface area contributed by atoms with Gasteiger partial charge in [-0.3, -0.25) is 0 Å². The van der Waals surface area contributed by atoms with Crippen LogP contribution in [0.1, 0.15) is 30.7 Å². The molecular formula is C21H24N2O3S. The summed E-state index contributed by atoms with van der Waals surface area (Å²) in [7, 11) is -3.54. The number of H-pyrrole nitrogens is 1. The summed E-state index contributed by atoms with van der Waals surface area (Å²) in [4.78, 5) is 3.76. The lowest BCUT2D eigenvalue weighted by atomic mass is 10.1. The smallest absolute Gasteiger partial charge is 0.243 e. The van der Waals surface area contributed by atoms with Crippen molar-refractivity contribution in [1.29, 1.82) is 0 Å². The summed E-state index contributed by atoms with van der Waals surface area (Å²) in [6.07, 6.45) is 0.745. The molecule has 5 nitrogen and oxygen atoms in total. The molecule has 0 bridgehead atoms. The van der Waals surface area contributed by atoms with E-state index in [0.29, 0.717) is 30.2 Å². The third-order valence-corrected chi connectivity index (χ3v) is 6.79. The lowest BCUT2D eigenvalue weighted by Gasteiger charge is -2.26. The summed E-state index contributed by atoms with van der Waals surface area (Å²) in [6, 6.07) is 12.9. The van der Waals surface area contributed by atoms with Crippen LogP contribution in [0, 0.1) is 6.92 Å². The molecule has 27 heavy (non-hydrogen) atoms. The zero-order chi connectivity index (χ0) is 19.2. The van der Waals surface area contributed by atoms with Gasteiger partial charge in [0.15, 0.2) is 0 Å². The van der Waals surface area contributed by atoms with Crippen LogP contribution >= 0.6 is 0 Å². The highest BCUT2D eigenvalue weighted by atomic mass is 32.2. The second-order valence-corrected chi connectivity index (χ2v) is 9.30. The van der Waals surface area contributed by atoms with Crippen molar-refractivity contribution < 1.29 is 13.2 Å². The first kappa shape index (κ1) is 18.1. The number of aromatic nitrogens is 1. The highest BCUT2D eigenvalue weighted by Gasteiger charge is 2.30. The minimum Gasteiger partial charge on any atom is -0.491 e. The third kappa shape index (κ3) is 3.35. The van der Waals surface area contributed by atoms with Gasteiger partial charge < -0.3 is 9.72 Å². The molecule has 6 heteroatoms. The Labute approximate surface area is 160 Å². The molecule has 0 atom stereocenters. The van der Waals surface area contributed by atoms with Gasteiger partial charge in [-0.2, -0.15) is 4.31 Å². The van der Waals surface area contributed by atoms with Crippen LogP contribution in [0.2, 0.25) is 0 Å². The molecule has 1 aromatic heterocycles. The molecule has 1 aliphatic heterocycles. The van der Waals surface area contributed by atoms with E-state index in [1.165, 1.54) is 5.56 Å². The quantitative estimate of drug-likeness (QED) is 0.739. The largest absolute Gasteiger partial charge is 0.491 e. The SMILES string of the molecule is Cc1ccc2c3c([nH]c2c1)CCN(S(=O)(=O)c1ccc(OC(C)C)cc1)C3. The van der Waals surface area contributed by atoms with E-state index >= 15 is 0 Å². The second-order valence-electron chi connectivity index (χ2n) is 7.36. The Balaban J connectivity index is 1.63. The molecular weight excluding hydrogens is 360 g/mol. The van der Waals surface area contributed by atoms with Crippen molar-refractivity contribution in [1.82, 2.24) is 9.29 Å². The fourth-order valence-corrected chi connectivity index (χ4v) is 5.04. The van der Waals surface area contributed by atoms with Crippen LogP contribution < -0.4 is 4.74 Å². The van der Waals surface area contributed by atoms with E-state index in [1.54, 1.807) is 28.6 Å². The van der Waals surface area contributed by atoms with E-state index in [9.17, 15) is 8.42 Å². The van der Waals surface area contributed by atoms with Crippen molar-refractivity contribution in [2.75, 3.05) is 6.54 Å². The van der Waals surface area contributed by atoms with Gasteiger partial charge in [-0.1, -0.05) is 12.1 Å². The highest BCUT2D eigenvalue weighted by molar-refractivity contribution is 7.89. The first-order valence-corrected chi connectivity index (χ1v) is 10.7. The highest BCUT2D eigenvalue weighted by Crippen LogP contribution is 2.31. The van der Waals surface area contributed by atoms with Crippen molar-refractivity contribution in [2.45, 2.75) is 44.7 Å². The Morgan fingerprint density at radius 1 is 1.11 bits per heavy atom. The molecule has 0 aliphatic carbocycles. The van der Waals surface area contributed by atoms with Crippen LogP contribution in [0.3, 0.4) is 0 Å². The maximum absolute atomic E-state index is 13.1. The zero-order valence-corrected chi connectivity index (χ0v) is 16.6. The van der Waals surface area contributed by atoms with Crippen molar-refractivity contribution >= 4 is 20.9 Å². The fourth-order valence-electron chi connectivity index (χ4n) is 3.63. The van der Waals surface area contributed by atoms with Crippen LogP contribution in [0.4, 0.5) is 0 Å². The summed E-state index contributed by atoms with van der Waals surface area (Å²) in [5.74, 6) is 0.678. The summed E-state index contributed by atoms with van der Waals surface area (Å²) in [6.45, 7) is 6.82. The molecule has 142 valence electrons. The van der Waals surface area contributed by atoms with Gasteiger partial charge in [0.25, 0.3) is 0 Å². The Morgan fingerprint density at radius 2 is 1.85 bits per heavy atom. The third-order valence-electron chi connectivity index (χ3n) is 4.93. The van der Waals surface area contributed by atoms with Gasteiger partial charge >= 0.3 is 0 Å². The lowest BCUT2D eigenvalue weighted by Crippen LogP contribution is -2.35. The second kappa shape index (κ2) is 6.69. The number of ether oxygens (including phenoxy) is 1. The lowest BCUT2D eigenvalue weighted by molar-refractivity contribution is 0.242. The number of aromatic amines is 1. The monoisotopic (exact) mass is 384 g/mol. The summed E-state index contributed by atoms with van der Waals surface area (Å²) in [5, 5.41) is 1.11. The number of aryl methyl sites for hydroxylation is 1.